The zero-order valence-electron chi connectivity index (χ0n) is 11.6. The average molecular weight is 410 g/mol. The highest BCUT2D eigenvalue weighted by Gasteiger charge is 2.21. The van der Waals surface area contributed by atoms with Crippen LogP contribution in [0.3, 0.4) is 0 Å². The standard InChI is InChI=1S/C14H20ClN3O.HI/c1-2-16-14(18-12-5-6-12)17-9-10-19-13-7-3-11(15)4-8-13;/h3-4,7-8,12H,2,5-6,9-10H2,1H3,(H2,16,17,18);1H. The van der Waals surface area contributed by atoms with Gasteiger partial charge in [-0.05, 0) is 44.0 Å². The molecule has 1 fully saturated rings. The molecule has 0 saturated heterocycles. The van der Waals surface area contributed by atoms with E-state index in [1.807, 2.05) is 24.3 Å². The molecule has 0 aromatic heterocycles. The Balaban J connectivity index is 0.00000200. The number of halogens is 2. The number of nitrogens with zero attached hydrogens (tertiary/aromatic N) is 1. The highest BCUT2D eigenvalue weighted by molar-refractivity contribution is 14.0. The molecular weight excluding hydrogens is 389 g/mol. The topological polar surface area (TPSA) is 45.7 Å². The molecule has 1 aromatic rings. The zero-order chi connectivity index (χ0) is 13.5. The molecule has 2 N–H and O–H groups in total. The second-order valence-electron chi connectivity index (χ2n) is 4.48. The summed E-state index contributed by atoms with van der Waals surface area (Å²) in [4.78, 5) is 4.47. The van der Waals surface area contributed by atoms with Gasteiger partial charge in [0, 0.05) is 17.6 Å². The molecule has 1 aromatic carbocycles. The molecule has 0 heterocycles. The Morgan fingerprint density at radius 2 is 2.05 bits per heavy atom. The second-order valence-corrected chi connectivity index (χ2v) is 4.92. The molecule has 6 heteroatoms. The molecule has 0 amide bonds. The van der Waals surface area contributed by atoms with E-state index in [-0.39, 0.29) is 24.0 Å². The van der Waals surface area contributed by atoms with Gasteiger partial charge >= 0.3 is 0 Å². The average Bonchev–Trinajstić information content (AvgIpc) is 3.21. The second kappa shape index (κ2) is 9.28. The van der Waals surface area contributed by atoms with E-state index < -0.39 is 0 Å². The van der Waals surface area contributed by atoms with Crippen LogP contribution < -0.4 is 15.4 Å². The molecule has 1 saturated carbocycles. The summed E-state index contributed by atoms with van der Waals surface area (Å²) in [5, 5.41) is 7.31. The largest absolute Gasteiger partial charge is 0.492 e. The number of aliphatic imine (C=N–C) groups is 1. The first-order chi connectivity index (χ1) is 9.28. The smallest absolute Gasteiger partial charge is 0.191 e. The molecule has 1 aliphatic rings. The summed E-state index contributed by atoms with van der Waals surface area (Å²) in [6, 6.07) is 7.96. The van der Waals surface area contributed by atoms with E-state index in [2.05, 4.69) is 22.5 Å². The first-order valence-electron chi connectivity index (χ1n) is 6.71. The summed E-state index contributed by atoms with van der Waals surface area (Å²) in [5.41, 5.74) is 0. The minimum Gasteiger partial charge on any atom is -0.492 e. The van der Waals surface area contributed by atoms with Crippen molar-refractivity contribution in [1.82, 2.24) is 10.6 Å². The molecule has 0 atom stereocenters. The summed E-state index contributed by atoms with van der Waals surface area (Å²) in [6.45, 7) is 4.12. The van der Waals surface area contributed by atoms with Gasteiger partial charge in [-0.3, -0.25) is 0 Å². The van der Waals surface area contributed by atoms with Crippen LogP contribution in [-0.4, -0.2) is 31.7 Å². The highest BCUT2D eigenvalue weighted by Crippen LogP contribution is 2.18. The molecule has 4 nitrogen and oxygen atoms in total. The van der Waals surface area contributed by atoms with Gasteiger partial charge in [-0.25, -0.2) is 4.99 Å². The van der Waals surface area contributed by atoms with Crippen molar-refractivity contribution in [3.63, 3.8) is 0 Å². The van der Waals surface area contributed by atoms with Crippen LogP contribution >= 0.6 is 35.6 Å². The van der Waals surface area contributed by atoms with Gasteiger partial charge in [-0.2, -0.15) is 0 Å². The molecule has 0 unspecified atom stereocenters. The number of benzene rings is 1. The maximum absolute atomic E-state index is 5.81. The molecule has 112 valence electrons. The minimum absolute atomic E-state index is 0. The van der Waals surface area contributed by atoms with Crippen molar-refractivity contribution in [2.45, 2.75) is 25.8 Å². The Kier molecular flexibility index (Phi) is 8.06. The summed E-state index contributed by atoms with van der Waals surface area (Å²) in [7, 11) is 0. The van der Waals surface area contributed by atoms with Crippen molar-refractivity contribution < 1.29 is 4.74 Å². The Labute approximate surface area is 142 Å². The van der Waals surface area contributed by atoms with E-state index >= 15 is 0 Å². The van der Waals surface area contributed by atoms with E-state index in [9.17, 15) is 0 Å². The molecule has 0 spiro atoms. The quantitative estimate of drug-likeness (QED) is 0.328. The molecule has 0 bridgehead atoms. The van der Waals surface area contributed by atoms with Gasteiger partial charge in [-0.15, -0.1) is 24.0 Å². The predicted octanol–water partition coefficient (Wildman–Crippen LogP) is 3.05. The lowest BCUT2D eigenvalue weighted by Crippen LogP contribution is -2.38. The van der Waals surface area contributed by atoms with E-state index in [0.717, 1.165) is 18.3 Å². The maximum Gasteiger partial charge on any atom is 0.191 e. The summed E-state index contributed by atoms with van der Waals surface area (Å²) < 4.78 is 5.59. The van der Waals surface area contributed by atoms with Crippen LogP contribution in [0.4, 0.5) is 0 Å². The fourth-order valence-electron chi connectivity index (χ4n) is 1.59. The molecule has 0 aliphatic heterocycles. The number of hydrogen-bond acceptors (Lipinski definition) is 2. The summed E-state index contributed by atoms with van der Waals surface area (Å²) >= 11 is 5.81. The molecule has 0 radical (unpaired) electrons. The van der Waals surface area contributed by atoms with Gasteiger partial charge in [0.25, 0.3) is 0 Å². The van der Waals surface area contributed by atoms with E-state index in [4.69, 9.17) is 16.3 Å². The lowest BCUT2D eigenvalue weighted by atomic mass is 10.3. The highest BCUT2D eigenvalue weighted by atomic mass is 127. The Morgan fingerprint density at radius 3 is 2.65 bits per heavy atom. The number of rotatable bonds is 6. The van der Waals surface area contributed by atoms with E-state index in [1.54, 1.807) is 0 Å². The maximum atomic E-state index is 5.81. The number of ether oxygens (including phenoxy) is 1. The van der Waals surface area contributed by atoms with Crippen molar-refractivity contribution in [2.75, 3.05) is 19.7 Å². The lowest BCUT2D eigenvalue weighted by Gasteiger charge is -2.10. The van der Waals surface area contributed by atoms with Gasteiger partial charge in [0.05, 0.1) is 6.54 Å². The lowest BCUT2D eigenvalue weighted by molar-refractivity contribution is 0.328. The van der Waals surface area contributed by atoms with Crippen LogP contribution in [0.1, 0.15) is 19.8 Å². The molecule has 1 aliphatic carbocycles. The number of hydrogen-bond donors (Lipinski definition) is 2. The third kappa shape index (κ3) is 6.65. The number of nitrogens with one attached hydrogen (secondary N) is 2. The van der Waals surface area contributed by atoms with E-state index in [0.29, 0.717) is 24.2 Å². The van der Waals surface area contributed by atoms with Gasteiger partial charge < -0.3 is 15.4 Å². The Bertz CT molecular complexity index is 421. The Hall–Kier alpha value is -0.690. The zero-order valence-corrected chi connectivity index (χ0v) is 14.7. The van der Waals surface area contributed by atoms with Gasteiger partial charge in [-0.1, -0.05) is 11.6 Å². The SMILES string of the molecule is CCNC(=NCCOc1ccc(Cl)cc1)NC1CC1.I. The van der Waals surface area contributed by atoms with Crippen LogP contribution in [0, 0.1) is 0 Å². The third-order valence-electron chi connectivity index (χ3n) is 2.71. The first kappa shape index (κ1) is 17.4. The van der Waals surface area contributed by atoms with Gasteiger partial charge in [0.2, 0.25) is 0 Å². The predicted molar refractivity (Wildman–Crippen MR) is 94.5 cm³/mol. The van der Waals surface area contributed by atoms with Crippen LogP contribution in [0.25, 0.3) is 0 Å². The monoisotopic (exact) mass is 409 g/mol. The van der Waals surface area contributed by atoms with Crippen LogP contribution in [-0.2, 0) is 0 Å². The summed E-state index contributed by atoms with van der Waals surface area (Å²) in [5.74, 6) is 1.70. The summed E-state index contributed by atoms with van der Waals surface area (Å²) in [6.07, 6.45) is 2.48. The normalized spacial score (nSPS) is 14.4. The van der Waals surface area contributed by atoms with Crippen molar-refractivity contribution in [2.24, 2.45) is 4.99 Å². The molecule has 2 rings (SSSR count). The fourth-order valence-corrected chi connectivity index (χ4v) is 1.72. The third-order valence-corrected chi connectivity index (χ3v) is 2.96. The molecular formula is C14H21ClIN3O. The van der Waals surface area contributed by atoms with Crippen molar-refractivity contribution in [1.29, 1.82) is 0 Å². The van der Waals surface area contributed by atoms with E-state index in [1.165, 1.54) is 12.8 Å². The van der Waals surface area contributed by atoms with Crippen molar-refractivity contribution >= 4 is 41.5 Å². The van der Waals surface area contributed by atoms with Gasteiger partial charge in [0.1, 0.15) is 12.4 Å². The first-order valence-corrected chi connectivity index (χ1v) is 7.09. The van der Waals surface area contributed by atoms with Crippen LogP contribution in [0.5, 0.6) is 5.75 Å². The van der Waals surface area contributed by atoms with Crippen LogP contribution in [0.15, 0.2) is 29.3 Å². The van der Waals surface area contributed by atoms with Gasteiger partial charge in [0.15, 0.2) is 5.96 Å². The minimum atomic E-state index is 0. The van der Waals surface area contributed by atoms with Crippen molar-refractivity contribution in [3.05, 3.63) is 29.3 Å². The van der Waals surface area contributed by atoms with Crippen LogP contribution in [0.2, 0.25) is 5.02 Å². The molecule has 20 heavy (non-hydrogen) atoms. The number of guanidine groups is 1. The Morgan fingerprint density at radius 1 is 1.35 bits per heavy atom. The fraction of sp³-hybridized carbons (Fsp3) is 0.500. The van der Waals surface area contributed by atoms with Crippen molar-refractivity contribution in [3.8, 4) is 5.75 Å².